The Hall–Kier alpha value is -0.740. The number of aldehydes is 1. The summed E-state index contributed by atoms with van der Waals surface area (Å²) >= 11 is 11.1. The fourth-order valence-electron chi connectivity index (χ4n) is 0.954. The molecule has 2 nitrogen and oxygen atoms in total. The second kappa shape index (κ2) is 4.66. The van der Waals surface area contributed by atoms with E-state index in [0.717, 1.165) is 0 Å². The maximum absolute atomic E-state index is 12.5. The van der Waals surface area contributed by atoms with Crippen LogP contribution >= 0.6 is 23.2 Å². The molecule has 0 saturated carbocycles. The average Bonchev–Trinajstić information content (AvgIpc) is 2.16. The molecule has 0 radical (unpaired) electrons. The van der Waals surface area contributed by atoms with E-state index >= 15 is 0 Å². The van der Waals surface area contributed by atoms with Crippen molar-refractivity contribution >= 4 is 29.5 Å². The number of alkyl halides is 3. The second-order valence-electron chi connectivity index (χ2n) is 2.45. The van der Waals surface area contributed by atoms with Crippen molar-refractivity contribution in [3.63, 3.8) is 0 Å². The number of aromatic nitrogens is 1. The van der Waals surface area contributed by atoms with Crippen molar-refractivity contribution in [3.8, 4) is 0 Å². The molecule has 0 atom stereocenters. The van der Waals surface area contributed by atoms with Crippen LogP contribution in [0.3, 0.4) is 0 Å². The minimum absolute atomic E-state index is 0.0231. The monoisotopic (exact) mass is 239 g/mol. The van der Waals surface area contributed by atoms with Crippen LogP contribution in [0.15, 0.2) is 6.20 Å². The van der Waals surface area contributed by atoms with Gasteiger partial charge in [-0.05, 0) is 0 Å². The lowest BCUT2D eigenvalue weighted by molar-refractivity contribution is 0.110. The highest BCUT2D eigenvalue weighted by Crippen LogP contribution is 2.31. The third kappa shape index (κ3) is 2.01. The number of halogens is 4. The first kappa shape index (κ1) is 11.3. The molecule has 0 N–H and O–H groups in total. The molecular formula is C8H5Cl2F2NO. The predicted molar refractivity (Wildman–Crippen MR) is 49.1 cm³/mol. The van der Waals surface area contributed by atoms with Crippen molar-refractivity contribution in [2.45, 2.75) is 12.3 Å². The zero-order chi connectivity index (χ0) is 10.7. The smallest absolute Gasteiger partial charge is 0.267 e. The van der Waals surface area contributed by atoms with Crippen molar-refractivity contribution in [1.82, 2.24) is 4.98 Å². The fourth-order valence-corrected chi connectivity index (χ4v) is 1.52. The molecule has 0 aliphatic rings. The molecule has 1 aromatic heterocycles. The van der Waals surface area contributed by atoms with E-state index in [1.807, 2.05) is 0 Å². The topological polar surface area (TPSA) is 30.0 Å². The number of carbonyl (C=O) groups excluding carboxylic acids is 1. The molecule has 14 heavy (non-hydrogen) atoms. The summed E-state index contributed by atoms with van der Waals surface area (Å²) in [4.78, 5) is 13.9. The maximum atomic E-state index is 12.5. The molecule has 0 unspecified atom stereocenters. The van der Waals surface area contributed by atoms with Gasteiger partial charge in [0.05, 0.1) is 16.5 Å². The standard InChI is InChI=1S/C8H5Cl2F2NO/c9-1-4-2-13-5(3-14)6(7(4)10)8(11)12/h2-3,8H,1H2. The molecule has 76 valence electrons. The molecule has 6 heteroatoms. The molecule has 0 aliphatic carbocycles. The average molecular weight is 240 g/mol. The van der Waals surface area contributed by atoms with Crippen LogP contribution in [0.2, 0.25) is 5.02 Å². The third-order valence-corrected chi connectivity index (χ3v) is 2.36. The predicted octanol–water partition coefficient (Wildman–Crippen LogP) is 3.22. The summed E-state index contributed by atoms with van der Waals surface area (Å²) in [5, 5.41) is -0.188. The van der Waals surface area contributed by atoms with Crippen LogP contribution < -0.4 is 0 Å². The van der Waals surface area contributed by atoms with Gasteiger partial charge in [-0.1, -0.05) is 11.6 Å². The number of pyridine rings is 1. The van der Waals surface area contributed by atoms with Crippen LogP contribution in [0.25, 0.3) is 0 Å². The number of nitrogens with zero attached hydrogens (tertiary/aromatic N) is 1. The summed E-state index contributed by atoms with van der Waals surface area (Å²) in [7, 11) is 0. The van der Waals surface area contributed by atoms with Gasteiger partial charge in [-0.25, -0.2) is 8.78 Å². The van der Waals surface area contributed by atoms with Gasteiger partial charge in [0, 0.05) is 11.8 Å². The Balaban J connectivity index is 3.38. The van der Waals surface area contributed by atoms with Gasteiger partial charge in [-0.2, -0.15) is 0 Å². The van der Waals surface area contributed by atoms with Crippen molar-refractivity contribution in [3.05, 3.63) is 28.0 Å². The van der Waals surface area contributed by atoms with Gasteiger partial charge < -0.3 is 0 Å². The minimum atomic E-state index is -2.83. The zero-order valence-corrected chi connectivity index (χ0v) is 8.32. The summed E-state index contributed by atoms with van der Waals surface area (Å²) in [6, 6.07) is 0. The van der Waals surface area contributed by atoms with E-state index < -0.39 is 12.0 Å². The Kier molecular flexibility index (Phi) is 3.77. The van der Waals surface area contributed by atoms with E-state index in [1.54, 1.807) is 0 Å². The minimum Gasteiger partial charge on any atom is -0.296 e. The van der Waals surface area contributed by atoms with Crippen LogP contribution in [0.1, 0.15) is 28.0 Å². The Morgan fingerprint density at radius 1 is 1.57 bits per heavy atom. The maximum Gasteiger partial charge on any atom is 0.267 e. The van der Waals surface area contributed by atoms with Crippen LogP contribution in [0.4, 0.5) is 8.78 Å². The SMILES string of the molecule is O=Cc1ncc(CCl)c(Cl)c1C(F)F. The highest BCUT2D eigenvalue weighted by atomic mass is 35.5. The summed E-state index contributed by atoms with van der Waals surface area (Å²) in [6.45, 7) is 0. The Morgan fingerprint density at radius 2 is 2.21 bits per heavy atom. The first-order valence-corrected chi connectivity index (χ1v) is 4.49. The number of rotatable bonds is 3. The first-order chi connectivity index (χ1) is 6.61. The van der Waals surface area contributed by atoms with E-state index in [0.29, 0.717) is 0 Å². The number of carbonyl (C=O) groups is 1. The number of hydrogen-bond acceptors (Lipinski definition) is 2. The van der Waals surface area contributed by atoms with Crippen LogP contribution in [0.5, 0.6) is 0 Å². The van der Waals surface area contributed by atoms with Crippen LogP contribution in [0, 0.1) is 0 Å². The molecule has 1 rings (SSSR count). The van der Waals surface area contributed by atoms with Crippen molar-refractivity contribution in [2.24, 2.45) is 0 Å². The molecular weight excluding hydrogens is 235 g/mol. The van der Waals surface area contributed by atoms with Gasteiger partial charge >= 0.3 is 0 Å². The Morgan fingerprint density at radius 3 is 2.64 bits per heavy atom. The lowest BCUT2D eigenvalue weighted by Gasteiger charge is -2.08. The van der Waals surface area contributed by atoms with Gasteiger partial charge in [-0.3, -0.25) is 9.78 Å². The highest BCUT2D eigenvalue weighted by molar-refractivity contribution is 6.33. The van der Waals surface area contributed by atoms with Gasteiger partial charge in [0.25, 0.3) is 6.43 Å². The molecule has 0 spiro atoms. The summed E-state index contributed by atoms with van der Waals surface area (Å²) in [5.74, 6) is -0.0231. The quantitative estimate of drug-likeness (QED) is 0.599. The highest BCUT2D eigenvalue weighted by Gasteiger charge is 2.20. The van der Waals surface area contributed by atoms with E-state index in [1.165, 1.54) is 6.20 Å². The largest absolute Gasteiger partial charge is 0.296 e. The summed E-state index contributed by atoms with van der Waals surface area (Å²) < 4.78 is 24.9. The van der Waals surface area contributed by atoms with Gasteiger partial charge in [0.15, 0.2) is 6.29 Å². The lowest BCUT2D eigenvalue weighted by Crippen LogP contribution is -2.00. The molecule has 0 aromatic carbocycles. The molecule has 0 fully saturated rings. The summed E-state index contributed by atoms with van der Waals surface area (Å²) in [6.07, 6.45) is -1.38. The van der Waals surface area contributed by atoms with Crippen molar-refractivity contribution in [2.75, 3.05) is 0 Å². The molecule has 0 saturated heterocycles. The molecule has 1 heterocycles. The van der Waals surface area contributed by atoms with Crippen LogP contribution in [-0.2, 0) is 5.88 Å². The van der Waals surface area contributed by atoms with Crippen molar-refractivity contribution in [1.29, 1.82) is 0 Å². The summed E-state index contributed by atoms with van der Waals surface area (Å²) in [5.41, 5.74) is -0.618. The van der Waals surface area contributed by atoms with Crippen molar-refractivity contribution < 1.29 is 13.6 Å². The number of hydrogen-bond donors (Lipinski definition) is 0. The third-order valence-electron chi connectivity index (χ3n) is 1.63. The fraction of sp³-hybridized carbons (Fsp3) is 0.250. The molecule has 1 aromatic rings. The van der Waals surface area contributed by atoms with Gasteiger partial charge in [-0.15, -0.1) is 11.6 Å². The Labute approximate surface area is 88.8 Å². The van der Waals surface area contributed by atoms with Gasteiger partial charge in [0.1, 0.15) is 5.69 Å². The first-order valence-electron chi connectivity index (χ1n) is 3.58. The van der Waals surface area contributed by atoms with Crippen LogP contribution in [-0.4, -0.2) is 11.3 Å². The zero-order valence-electron chi connectivity index (χ0n) is 6.81. The lowest BCUT2D eigenvalue weighted by atomic mass is 10.1. The second-order valence-corrected chi connectivity index (χ2v) is 3.09. The Bertz CT molecular complexity index is 357. The molecule has 0 amide bonds. The van der Waals surface area contributed by atoms with Gasteiger partial charge in [0.2, 0.25) is 0 Å². The normalized spacial score (nSPS) is 10.6. The molecule has 0 aliphatic heterocycles. The van der Waals surface area contributed by atoms with E-state index in [4.69, 9.17) is 23.2 Å². The van der Waals surface area contributed by atoms with E-state index in [9.17, 15) is 13.6 Å². The molecule has 0 bridgehead atoms. The van der Waals surface area contributed by atoms with E-state index in [-0.39, 0.29) is 28.4 Å². The van der Waals surface area contributed by atoms with E-state index in [2.05, 4.69) is 4.98 Å².